The number of carbonyl (C=O) groups excluding carboxylic acids is 2. The lowest BCUT2D eigenvalue weighted by atomic mass is 10.0. The Morgan fingerprint density at radius 2 is 1.59 bits per heavy atom. The van der Waals surface area contributed by atoms with Crippen molar-refractivity contribution in [3.8, 4) is 0 Å². The summed E-state index contributed by atoms with van der Waals surface area (Å²) in [5, 5.41) is 2.33. The summed E-state index contributed by atoms with van der Waals surface area (Å²) in [6.45, 7) is 0. The molecule has 0 unspecified atom stereocenters. The van der Waals surface area contributed by atoms with Gasteiger partial charge in [0.05, 0.1) is 24.7 Å². The number of ether oxygens (including phenoxy) is 1. The lowest BCUT2D eigenvalue weighted by Crippen LogP contribution is -2.42. The summed E-state index contributed by atoms with van der Waals surface area (Å²) in [4.78, 5) is 23.8. The van der Waals surface area contributed by atoms with Gasteiger partial charge < -0.3 is 10.1 Å². The molecule has 1 aromatic carbocycles. The molecule has 1 aromatic rings. The van der Waals surface area contributed by atoms with E-state index in [9.17, 15) is 35.9 Å². The molecule has 1 aliphatic rings. The van der Waals surface area contributed by atoms with E-state index in [4.69, 9.17) is 0 Å². The molecule has 2 rings (SSSR count). The van der Waals surface area contributed by atoms with Crippen molar-refractivity contribution in [1.82, 2.24) is 5.32 Å². The summed E-state index contributed by atoms with van der Waals surface area (Å²) in [6.07, 6.45) is -8.64. The number of hydrogen-bond donors (Lipinski definition) is 1. The van der Waals surface area contributed by atoms with Crippen LogP contribution in [0, 0.1) is 5.92 Å². The number of alkyl halides is 6. The number of nitrogens with one attached hydrogen (secondary N) is 1. The first-order valence-corrected chi connectivity index (χ1v) is 8.05. The van der Waals surface area contributed by atoms with Crippen molar-refractivity contribution in [1.29, 1.82) is 0 Å². The van der Waals surface area contributed by atoms with Gasteiger partial charge in [0.15, 0.2) is 0 Å². The predicted octanol–water partition coefficient (Wildman–Crippen LogP) is 3.72. The van der Waals surface area contributed by atoms with Crippen LogP contribution in [0.2, 0.25) is 0 Å². The second kappa shape index (κ2) is 7.77. The zero-order valence-electron chi connectivity index (χ0n) is 14.2. The molecule has 0 radical (unpaired) electrons. The predicted molar refractivity (Wildman–Crippen MR) is 81.4 cm³/mol. The molecular formula is C17H17F6NO3. The van der Waals surface area contributed by atoms with E-state index in [1.165, 1.54) is 0 Å². The summed E-state index contributed by atoms with van der Waals surface area (Å²) in [6, 6.07) is -0.0137. The fourth-order valence-electron chi connectivity index (χ4n) is 2.60. The first-order chi connectivity index (χ1) is 12.4. The van der Waals surface area contributed by atoms with Crippen LogP contribution in [-0.2, 0) is 33.1 Å². The molecule has 1 aliphatic carbocycles. The largest absolute Gasteiger partial charge is 0.467 e. The lowest BCUT2D eigenvalue weighted by Gasteiger charge is -2.17. The molecule has 0 heterocycles. The number of methoxy groups -OCH3 is 1. The van der Waals surface area contributed by atoms with Crippen molar-refractivity contribution < 1.29 is 40.7 Å². The van der Waals surface area contributed by atoms with Gasteiger partial charge in [0.25, 0.3) is 0 Å². The number of amides is 1. The van der Waals surface area contributed by atoms with Crippen molar-refractivity contribution in [2.45, 2.75) is 44.1 Å². The van der Waals surface area contributed by atoms with Crippen LogP contribution in [0.5, 0.6) is 0 Å². The molecule has 1 amide bonds. The summed E-state index contributed by atoms with van der Waals surface area (Å²) in [5.74, 6) is -1.34. The fraction of sp³-hybridized carbons (Fsp3) is 0.529. The Kier molecular flexibility index (Phi) is 6.06. The SMILES string of the molecule is COC(=O)[C@H](CC1CC1)NC(=O)Cc1cc(C(F)(F)F)cc(C(F)(F)F)c1. The Hall–Kier alpha value is -2.26. The van der Waals surface area contributed by atoms with Gasteiger partial charge in [-0.15, -0.1) is 0 Å². The number of hydrogen-bond acceptors (Lipinski definition) is 3. The standard InChI is InChI=1S/C17H17F6NO3/c1-27-15(26)13(6-9-2-3-9)24-14(25)7-10-4-11(16(18,19)20)8-12(5-10)17(21,22)23/h4-5,8-9,13H,2-3,6-7H2,1H3,(H,24,25)/t13-/m0/s1. The van der Waals surface area contributed by atoms with Crippen LogP contribution in [0.3, 0.4) is 0 Å². The van der Waals surface area contributed by atoms with Crippen molar-refractivity contribution in [2.24, 2.45) is 5.92 Å². The number of carbonyl (C=O) groups is 2. The summed E-state index contributed by atoms with van der Waals surface area (Å²) in [7, 11) is 1.12. The van der Waals surface area contributed by atoms with Gasteiger partial charge in [0.2, 0.25) is 5.91 Å². The topological polar surface area (TPSA) is 55.4 Å². The summed E-state index contributed by atoms with van der Waals surface area (Å²) < 4.78 is 81.7. The molecule has 1 N–H and O–H groups in total. The second-order valence-corrected chi connectivity index (χ2v) is 6.41. The lowest BCUT2D eigenvalue weighted by molar-refractivity contribution is -0.145. The Morgan fingerprint density at radius 1 is 1.07 bits per heavy atom. The zero-order chi connectivity index (χ0) is 20.4. The van der Waals surface area contributed by atoms with E-state index in [2.05, 4.69) is 10.1 Å². The third-order valence-electron chi connectivity index (χ3n) is 4.10. The fourth-order valence-corrected chi connectivity index (χ4v) is 2.60. The number of esters is 1. The number of halogens is 6. The molecule has 0 aromatic heterocycles. The highest BCUT2D eigenvalue weighted by Crippen LogP contribution is 2.36. The monoisotopic (exact) mass is 397 g/mol. The highest BCUT2D eigenvalue weighted by molar-refractivity contribution is 5.85. The van der Waals surface area contributed by atoms with E-state index < -0.39 is 53.4 Å². The van der Waals surface area contributed by atoms with E-state index in [0.717, 1.165) is 20.0 Å². The molecule has 0 aliphatic heterocycles. The van der Waals surface area contributed by atoms with Gasteiger partial charge in [-0.3, -0.25) is 4.79 Å². The van der Waals surface area contributed by atoms with Crippen molar-refractivity contribution in [3.63, 3.8) is 0 Å². The maximum Gasteiger partial charge on any atom is 0.416 e. The van der Waals surface area contributed by atoms with Crippen LogP contribution in [0.4, 0.5) is 26.3 Å². The van der Waals surface area contributed by atoms with E-state index in [0.29, 0.717) is 18.6 Å². The Bertz CT molecular complexity index is 677. The van der Waals surface area contributed by atoms with Gasteiger partial charge in [0.1, 0.15) is 6.04 Å². The minimum atomic E-state index is -4.99. The van der Waals surface area contributed by atoms with Crippen LogP contribution in [0.1, 0.15) is 36.0 Å². The smallest absolute Gasteiger partial charge is 0.416 e. The maximum atomic E-state index is 12.9. The summed E-state index contributed by atoms with van der Waals surface area (Å²) in [5.41, 5.74) is -3.45. The van der Waals surface area contributed by atoms with Crippen LogP contribution in [0.25, 0.3) is 0 Å². The average molecular weight is 397 g/mol. The second-order valence-electron chi connectivity index (χ2n) is 6.41. The van der Waals surface area contributed by atoms with Crippen LogP contribution < -0.4 is 5.32 Å². The molecule has 4 nitrogen and oxygen atoms in total. The van der Waals surface area contributed by atoms with E-state index >= 15 is 0 Å². The zero-order valence-corrected chi connectivity index (χ0v) is 14.2. The quantitative estimate of drug-likeness (QED) is 0.588. The average Bonchev–Trinajstić information content (AvgIpc) is 3.35. The van der Waals surface area contributed by atoms with Gasteiger partial charge in [-0.2, -0.15) is 26.3 Å². The molecule has 1 atom stereocenters. The normalized spacial score (nSPS) is 16.0. The van der Waals surface area contributed by atoms with Gasteiger partial charge >= 0.3 is 18.3 Å². The van der Waals surface area contributed by atoms with E-state index in [1.54, 1.807) is 0 Å². The van der Waals surface area contributed by atoms with Crippen LogP contribution in [-0.4, -0.2) is 25.0 Å². The van der Waals surface area contributed by atoms with E-state index in [1.807, 2.05) is 0 Å². The molecule has 27 heavy (non-hydrogen) atoms. The van der Waals surface area contributed by atoms with Gasteiger partial charge in [-0.1, -0.05) is 12.8 Å². The molecule has 0 spiro atoms. The van der Waals surface area contributed by atoms with E-state index in [-0.39, 0.29) is 12.0 Å². The molecule has 1 saturated carbocycles. The molecular weight excluding hydrogens is 380 g/mol. The minimum absolute atomic E-state index is 0.00818. The summed E-state index contributed by atoms with van der Waals surface area (Å²) >= 11 is 0. The number of benzene rings is 1. The highest BCUT2D eigenvalue weighted by Gasteiger charge is 2.37. The first-order valence-electron chi connectivity index (χ1n) is 8.05. The van der Waals surface area contributed by atoms with Crippen LogP contribution in [0.15, 0.2) is 18.2 Å². The van der Waals surface area contributed by atoms with Crippen LogP contribution >= 0.6 is 0 Å². The Balaban J connectivity index is 2.18. The van der Waals surface area contributed by atoms with Gasteiger partial charge in [-0.05, 0) is 36.1 Å². The Labute approximate surface area is 150 Å². The van der Waals surface area contributed by atoms with Gasteiger partial charge in [-0.25, -0.2) is 4.79 Å². The Morgan fingerprint density at radius 3 is 2.00 bits per heavy atom. The molecule has 1 fully saturated rings. The third-order valence-corrected chi connectivity index (χ3v) is 4.10. The molecule has 0 saturated heterocycles. The maximum absolute atomic E-state index is 12.9. The van der Waals surface area contributed by atoms with Crippen molar-refractivity contribution in [3.05, 3.63) is 34.9 Å². The van der Waals surface area contributed by atoms with Crippen molar-refractivity contribution in [2.75, 3.05) is 7.11 Å². The molecule has 0 bridgehead atoms. The van der Waals surface area contributed by atoms with Gasteiger partial charge in [0, 0.05) is 0 Å². The first kappa shape index (κ1) is 21.0. The highest BCUT2D eigenvalue weighted by atomic mass is 19.4. The number of rotatable bonds is 6. The van der Waals surface area contributed by atoms with Crippen molar-refractivity contribution >= 4 is 11.9 Å². The minimum Gasteiger partial charge on any atom is -0.467 e. The molecule has 150 valence electrons. The molecule has 10 heteroatoms. The third kappa shape index (κ3) is 6.14.